The second-order valence-electron chi connectivity index (χ2n) is 7.51. The van der Waals surface area contributed by atoms with E-state index in [1.807, 2.05) is 0 Å². The fourth-order valence-corrected chi connectivity index (χ4v) is 2.62. The number of fused-ring (bicyclic) bond motifs is 1. The lowest BCUT2D eigenvalue weighted by Gasteiger charge is -2.33. The van der Waals surface area contributed by atoms with Crippen molar-refractivity contribution in [3.8, 4) is 0 Å². The van der Waals surface area contributed by atoms with Gasteiger partial charge >= 0.3 is 5.97 Å². The van der Waals surface area contributed by atoms with E-state index >= 15 is 0 Å². The van der Waals surface area contributed by atoms with Gasteiger partial charge in [0.05, 0.1) is 20.1 Å². The van der Waals surface area contributed by atoms with Crippen molar-refractivity contribution in [3.05, 3.63) is 0 Å². The zero-order valence-electron chi connectivity index (χ0n) is 15.5. The van der Waals surface area contributed by atoms with Gasteiger partial charge in [0.2, 0.25) is 23.6 Å². The number of carbonyl (C=O) groups is 5. The maximum atomic E-state index is 12.6. The minimum Gasteiger partial charge on any atom is -0.469 e. The highest BCUT2D eigenvalue weighted by molar-refractivity contribution is 6.02. The molecular formula is C16H24N4O6. The molecular weight excluding hydrogens is 344 g/mol. The summed E-state index contributed by atoms with van der Waals surface area (Å²) in [5.74, 6) is -2.89. The second kappa shape index (κ2) is 6.58. The predicted molar refractivity (Wildman–Crippen MR) is 88.5 cm³/mol. The zero-order valence-corrected chi connectivity index (χ0v) is 15.5. The normalized spacial score (nSPS) is 27.8. The zero-order chi connectivity index (χ0) is 19.9. The molecule has 2 atom stereocenters. The van der Waals surface area contributed by atoms with Gasteiger partial charge in [-0.25, -0.2) is 0 Å². The van der Waals surface area contributed by atoms with Crippen LogP contribution in [0.25, 0.3) is 0 Å². The molecule has 0 aromatic carbocycles. The van der Waals surface area contributed by atoms with Crippen molar-refractivity contribution in [1.82, 2.24) is 20.9 Å². The number of esters is 1. The summed E-state index contributed by atoms with van der Waals surface area (Å²) in [5.41, 5.74) is -2.61. The maximum absolute atomic E-state index is 12.6. The lowest BCUT2D eigenvalue weighted by atomic mass is 9.98. The smallest absolute Gasteiger partial charge is 0.308 e. The molecule has 2 fully saturated rings. The van der Waals surface area contributed by atoms with E-state index in [1.54, 1.807) is 0 Å². The van der Waals surface area contributed by atoms with Crippen molar-refractivity contribution in [2.45, 2.75) is 57.3 Å². The number of hydrogen-bond donors (Lipinski definition) is 3. The molecule has 0 radical (unpaired) electrons. The molecule has 26 heavy (non-hydrogen) atoms. The molecule has 144 valence electrons. The van der Waals surface area contributed by atoms with E-state index in [0.29, 0.717) is 0 Å². The summed E-state index contributed by atoms with van der Waals surface area (Å²) >= 11 is 0. The van der Waals surface area contributed by atoms with E-state index < -0.39 is 59.2 Å². The van der Waals surface area contributed by atoms with Gasteiger partial charge in [0, 0.05) is 0 Å². The third-order valence-corrected chi connectivity index (χ3v) is 4.37. The Labute approximate surface area is 151 Å². The molecule has 0 aromatic heterocycles. The van der Waals surface area contributed by atoms with E-state index in [4.69, 9.17) is 0 Å². The summed E-state index contributed by atoms with van der Waals surface area (Å²) in [6.07, 6.45) is -0.391. The molecule has 0 spiro atoms. The van der Waals surface area contributed by atoms with Crippen LogP contribution in [-0.4, -0.2) is 71.3 Å². The highest BCUT2D eigenvalue weighted by Crippen LogP contribution is 2.24. The fourth-order valence-electron chi connectivity index (χ4n) is 2.62. The van der Waals surface area contributed by atoms with Crippen LogP contribution in [0.5, 0.6) is 0 Å². The van der Waals surface area contributed by atoms with Crippen LogP contribution >= 0.6 is 0 Å². The highest BCUT2D eigenvalue weighted by Gasteiger charge is 2.51. The topological polar surface area (TPSA) is 134 Å². The first-order valence-electron chi connectivity index (χ1n) is 8.22. The number of carbonyl (C=O) groups excluding carboxylic acids is 5. The number of hydrogen-bond acceptors (Lipinski definition) is 6. The summed E-state index contributed by atoms with van der Waals surface area (Å²) in [7, 11) is 1.16. The molecule has 2 aliphatic rings. The van der Waals surface area contributed by atoms with Gasteiger partial charge in [-0.05, 0) is 27.7 Å². The Morgan fingerprint density at radius 2 is 1.69 bits per heavy atom. The summed E-state index contributed by atoms with van der Waals surface area (Å²) < 4.78 is 4.55. The molecule has 0 aliphatic carbocycles. The van der Waals surface area contributed by atoms with Crippen LogP contribution < -0.4 is 16.0 Å². The Balaban J connectivity index is 2.33. The Morgan fingerprint density at radius 3 is 2.27 bits per heavy atom. The molecule has 10 nitrogen and oxygen atoms in total. The Hall–Kier alpha value is -2.65. The molecule has 0 saturated carbocycles. The average Bonchev–Trinajstić information content (AvgIpc) is 3.31. The largest absolute Gasteiger partial charge is 0.469 e. The summed E-state index contributed by atoms with van der Waals surface area (Å²) in [6, 6.07) is -1.95. The SMILES string of the molecule is COC(=O)CC1NC(=O)C2CN2C(=O)C(C)(C)NC(=O)C(C)(C)NC1=O. The van der Waals surface area contributed by atoms with Crippen molar-refractivity contribution >= 4 is 29.6 Å². The van der Waals surface area contributed by atoms with Gasteiger partial charge in [0.15, 0.2) is 0 Å². The second-order valence-corrected chi connectivity index (χ2v) is 7.51. The third kappa shape index (κ3) is 3.94. The Kier molecular flexibility index (Phi) is 4.98. The lowest BCUT2D eigenvalue weighted by Crippen LogP contribution is -2.64. The van der Waals surface area contributed by atoms with Gasteiger partial charge in [-0.3, -0.25) is 24.0 Å². The van der Waals surface area contributed by atoms with E-state index in [1.165, 1.54) is 32.6 Å². The summed E-state index contributed by atoms with van der Waals surface area (Å²) in [5, 5.41) is 7.58. The third-order valence-electron chi connectivity index (χ3n) is 4.37. The van der Waals surface area contributed by atoms with Crippen molar-refractivity contribution < 1.29 is 28.7 Å². The number of amides is 4. The number of nitrogens with one attached hydrogen (secondary N) is 3. The van der Waals surface area contributed by atoms with Crippen molar-refractivity contribution in [3.63, 3.8) is 0 Å². The molecule has 0 bridgehead atoms. The molecule has 4 amide bonds. The van der Waals surface area contributed by atoms with Crippen LogP contribution in [0.15, 0.2) is 0 Å². The minimum absolute atomic E-state index is 0.180. The van der Waals surface area contributed by atoms with Crippen molar-refractivity contribution in [1.29, 1.82) is 0 Å². The van der Waals surface area contributed by atoms with Gasteiger partial charge in [0.1, 0.15) is 23.2 Å². The summed E-state index contributed by atoms with van der Waals surface area (Å²) in [6.45, 7) is 6.17. The van der Waals surface area contributed by atoms with Crippen molar-refractivity contribution in [2.75, 3.05) is 13.7 Å². The first kappa shape index (κ1) is 19.7. The number of rotatable bonds is 2. The lowest BCUT2D eigenvalue weighted by molar-refractivity contribution is -0.145. The predicted octanol–water partition coefficient (Wildman–Crippen LogP) is -1.95. The van der Waals surface area contributed by atoms with Crippen LogP contribution in [0.1, 0.15) is 34.1 Å². The van der Waals surface area contributed by atoms with Gasteiger partial charge in [-0.1, -0.05) is 0 Å². The minimum atomic E-state index is -1.37. The molecule has 2 rings (SSSR count). The quantitative estimate of drug-likeness (QED) is 0.383. The standard InChI is InChI=1S/C16H24N4O6/c1-15(2)13(24)19-16(3,4)14(25)20-7-9(20)12(23)17-8(11(22)18-15)6-10(21)26-5/h8-9H,6-7H2,1-5H3,(H,17,23)(H,18,22)(H,19,24). The number of methoxy groups -OCH3 is 1. The van der Waals surface area contributed by atoms with E-state index in [0.717, 1.165) is 7.11 Å². The van der Waals surface area contributed by atoms with Gasteiger partial charge in [-0.2, -0.15) is 0 Å². The van der Waals surface area contributed by atoms with Crippen LogP contribution in [0.2, 0.25) is 0 Å². The van der Waals surface area contributed by atoms with Crippen LogP contribution in [0.4, 0.5) is 0 Å². The molecule has 2 saturated heterocycles. The fraction of sp³-hybridized carbons (Fsp3) is 0.688. The van der Waals surface area contributed by atoms with E-state index in [-0.39, 0.29) is 6.54 Å². The molecule has 0 aromatic rings. The highest BCUT2D eigenvalue weighted by atomic mass is 16.5. The van der Waals surface area contributed by atoms with Gasteiger partial charge in [0.25, 0.3) is 0 Å². The molecule has 10 heteroatoms. The Bertz CT molecular complexity index is 672. The van der Waals surface area contributed by atoms with Crippen molar-refractivity contribution in [2.24, 2.45) is 0 Å². The first-order chi connectivity index (χ1) is 11.9. The van der Waals surface area contributed by atoms with Gasteiger partial charge in [-0.15, -0.1) is 0 Å². The summed E-state index contributed by atoms with van der Waals surface area (Å²) in [4.78, 5) is 62.9. The van der Waals surface area contributed by atoms with E-state index in [9.17, 15) is 24.0 Å². The van der Waals surface area contributed by atoms with Gasteiger partial charge < -0.3 is 25.6 Å². The molecule has 2 aliphatic heterocycles. The molecule has 2 unspecified atom stereocenters. The van der Waals surface area contributed by atoms with Crippen LogP contribution in [-0.2, 0) is 28.7 Å². The molecule has 3 N–H and O–H groups in total. The maximum Gasteiger partial charge on any atom is 0.308 e. The number of nitrogens with zero attached hydrogens (tertiary/aromatic N) is 1. The van der Waals surface area contributed by atoms with Crippen LogP contribution in [0, 0.1) is 0 Å². The molecule has 2 heterocycles. The average molecular weight is 368 g/mol. The van der Waals surface area contributed by atoms with Crippen LogP contribution in [0.3, 0.4) is 0 Å². The Morgan fingerprint density at radius 1 is 1.08 bits per heavy atom. The van der Waals surface area contributed by atoms with E-state index in [2.05, 4.69) is 20.7 Å². The number of ether oxygens (including phenoxy) is 1. The first-order valence-corrected chi connectivity index (χ1v) is 8.22. The monoisotopic (exact) mass is 368 g/mol.